The molecular formula is C27H24O7. The molecule has 2 aliphatic rings. The van der Waals surface area contributed by atoms with Crippen LogP contribution in [-0.2, 0) is 21.7 Å². The van der Waals surface area contributed by atoms with Gasteiger partial charge in [-0.1, -0.05) is 18.2 Å². The summed E-state index contributed by atoms with van der Waals surface area (Å²) in [6.07, 6.45) is 0.281. The Morgan fingerprint density at radius 3 is 2.41 bits per heavy atom. The zero-order valence-electron chi connectivity index (χ0n) is 19.1. The molecule has 0 spiro atoms. The van der Waals surface area contributed by atoms with Crippen molar-refractivity contribution in [3.63, 3.8) is 0 Å². The summed E-state index contributed by atoms with van der Waals surface area (Å²) in [4.78, 5) is 13.2. The van der Waals surface area contributed by atoms with Crippen molar-refractivity contribution in [3.8, 4) is 23.0 Å². The number of rotatable bonds is 6. The second-order valence-electron chi connectivity index (χ2n) is 8.16. The maximum atomic E-state index is 13.2. The zero-order valence-corrected chi connectivity index (χ0v) is 19.1. The fraction of sp³-hybridized carbons (Fsp3) is 0.222. The average Bonchev–Trinajstić information content (AvgIpc) is 3.41. The fourth-order valence-corrected chi connectivity index (χ4v) is 4.40. The van der Waals surface area contributed by atoms with E-state index in [9.17, 15) is 9.90 Å². The Morgan fingerprint density at radius 1 is 0.941 bits per heavy atom. The van der Waals surface area contributed by atoms with Gasteiger partial charge in [-0.25, -0.2) is 4.79 Å². The van der Waals surface area contributed by atoms with Gasteiger partial charge in [-0.15, -0.1) is 0 Å². The van der Waals surface area contributed by atoms with Crippen molar-refractivity contribution in [2.75, 3.05) is 21.0 Å². The number of benzene rings is 3. The Kier molecular flexibility index (Phi) is 5.42. The van der Waals surface area contributed by atoms with Crippen molar-refractivity contribution >= 4 is 11.5 Å². The monoisotopic (exact) mass is 460 g/mol. The van der Waals surface area contributed by atoms with E-state index in [1.807, 2.05) is 25.1 Å². The van der Waals surface area contributed by atoms with Crippen molar-refractivity contribution < 1.29 is 33.6 Å². The van der Waals surface area contributed by atoms with Gasteiger partial charge in [0.1, 0.15) is 11.5 Å². The third-order valence-electron chi connectivity index (χ3n) is 6.14. The second kappa shape index (κ2) is 8.43. The van der Waals surface area contributed by atoms with E-state index in [1.165, 1.54) is 0 Å². The molecule has 7 heteroatoms. The van der Waals surface area contributed by atoms with Gasteiger partial charge in [0.2, 0.25) is 6.79 Å². The number of carbonyl (C=O) groups is 1. The van der Waals surface area contributed by atoms with E-state index in [-0.39, 0.29) is 13.2 Å². The molecule has 34 heavy (non-hydrogen) atoms. The molecule has 1 atom stereocenters. The first-order chi connectivity index (χ1) is 16.4. The normalized spacial score (nSPS) is 18.8. The zero-order chi connectivity index (χ0) is 23.9. The molecule has 0 fully saturated rings. The Labute approximate surface area is 197 Å². The summed E-state index contributed by atoms with van der Waals surface area (Å²) < 4.78 is 27.2. The molecule has 2 heterocycles. The van der Waals surface area contributed by atoms with Gasteiger partial charge in [0.15, 0.2) is 11.5 Å². The van der Waals surface area contributed by atoms with Gasteiger partial charge in [0.05, 0.1) is 19.8 Å². The average molecular weight is 460 g/mol. The molecule has 3 aromatic rings. The van der Waals surface area contributed by atoms with Crippen LogP contribution in [0.5, 0.6) is 23.0 Å². The summed E-state index contributed by atoms with van der Waals surface area (Å²) in [5.41, 5.74) is 3.59. The molecule has 0 radical (unpaired) electrons. The van der Waals surface area contributed by atoms with E-state index in [1.54, 1.807) is 56.7 Å². The molecule has 3 aromatic carbocycles. The van der Waals surface area contributed by atoms with Crippen molar-refractivity contribution in [3.05, 3.63) is 88.5 Å². The van der Waals surface area contributed by atoms with Gasteiger partial charge >= 0.3 is 5.97 Å². The largest absolute Gasteiger partial charge is 0.497 e. The summed E-state index contributed by atoms with van der Waals surface area (Å²) in [5, 5.41) is 11.8. The predicted molar refractivity (Wildman–Crippen MR) is 124 cm³/mol. The summed E-state index contributed by atoms with van der Waals surface area (Å²) in [6.45, 7) is 2.07. The highest BCUT2D eigenvalue weighted by molar-refractivity contribution is 6.20. The maximum absolute atomic E-state index is 13.2. The number of fused-ring (bicyclic) bond motifs is 1. The lowest BCUT2D eigenvalue weighted by molar-refractivity contribution is -0.185. The van der Waals surface area contributed by atoms with Crippen LogP contribution in [-0.4, -0.2) is 32.1 Å². The number of aliphatic hydroxyl groups is 1. The van der Waals surface area contributed by atoms with Crippen LogP contribution in [0.4, 0.5) is 0 Å². The molecule has 1 N–H and O–H groups in total. The first-order valence-corrected chi connectivity index (χ1v) is 10.8. The molecule has 2 aliphatic heterocycles. The highest BCUT2D eigenvalue weighted by Crippen LogP contribution is 2.46. The third kappa shape index (κ3) is 3.64. The Bertz CT molecular complexity index is 1290. The quantitative estimate of drug-likeness (QED) is 0.554. The van der Waals surface area contributed by atoms with Gasteiger partial charge < -0.3 is 28.8 Å². The molecule has 0 aliphatic carbocycles. The summed E-state index contributed by atoms with van der Waals surface area (Å²) in [6, 6.07) is 17.8. The third-order valence-corrected chi connectivity index (χ3v) is 6.14. The number of aryl methyl sites for hydroxylation is 1. The van der Waals surface area contributed by atoms with Crippen LogP contribution < -0.4 is 18.9 Å². The van der Waals surface area contributed by atoms with Gasteiger partial charge in [-0.3, -0.25) is 0 Å². The maximum Gasteiger partial charge on any atom is 0.342 e. The van der Waals surface area contributed by atoms with Gasteiger partial charge in [0, 0.05) is 17.6 Å². The summed E-state index contributed by atoms with van der Waals surface area (Å²) in [7, 11) is 3.18. The van der Waals surface area contributed by atoms with E-state index in [2.05, 4.69) is 0 Å². The highest BCUT2D eigenvalue weighted by atomic mass is 16.7. The lowest BCUT2D eigenvalue weighted by Gasteiger charge is -2.26. The summed E-state index contributed by atoms with van der Waals surface area (Å²) >= 11 is 0. The topological polar surface area (TPSA) is 83.5 Å². The van der Waals surface area contributed by atoms with Crippen molar-refractivity contribution in [2.45, 2.75) is 19.1 Å². The van der Waals surface area contributed by atoms with Crippen molar-refractivity contribution in [2.24, 2.45) is 0 Å². The van der Waals surface area contributed by atoms with E-state index in [0.29, 0.717) is 39.5 Å². The molecule has 0 amide bonds. The van der Waals surface area contributed by atoms with Gasteiger partial charge in [0.25, 0.3) is 5.79 Å². The minimum atomic E-state index is -1.94. The Hall–Kier alpha value is -3.97. The predicted octanol–water partition coefficient (Wildman–Crippen LogP) is 4.14. The molecular weight excluding hydrogens is 436 g/mol. The number of cyclic esters (lactones) is 1. The minimum Gasteiger partial charge on any atom is -0.497 e. The van der Waals surface area contributed by atoms with Crippen LogP contribution in [0.3, 0.4) is 0 Å². The van der Waals surface area contributed by atoms with E-state index in [4.69, 9.17) is 23.7 Å². The fourth-order valence-electron chi connectivity index (χ4n) is 4.40. The van der Waals surface area contributed by atoms with E-state index in [0.717, 1.165) is 16.9 Å². The Balaban J connectivity index is 1.66. The SMILES string of the molecule is COc1ccc(C2(O)OC(=O)C(c3ccc4c(c3)OCO4)=C2Cc2ccc(OC)c(C)c2)cc1. The van der Waals surface area contributed by atoms with Crippen molar-refractivity contribution in [1.29, 1.82) is 0 Å². The summed E-state index contributed by atoms with van der Waals surface area (Å²) in [5.74, 6) is -0.0202. The number of esters is 1. The standard InChI is InChI=1S/C27H24O7/c1-16-12-17(4-10-22(16)31-3)13-21-25(18-5-11-23-24(14-18)33-15-32-23)26(28)34-27(21,29)19-6-8-20(30-2)9-7-19/h4-12,14,29H,13,15H2,1-3H3. The smallest absolute Gasteiger partial charge is 0.342 e. The molecule has 174 valence electrons. The van der Waals surface area contributed by atoms with Gasteiger partial charge in [-0.2, -0.15) is 0 Å². The van der Waals surface area contributed by atoms with Gasteiger partial charge in [-0.05, 0) is 66.1 Å². The molecule has 0 aromatic heterocycles. The second-order valence-corrected chi connectivity index (χ2v) is 8.16. The number of methoxy groups -OCH3 is 2. The first-order valence-electron chi connectivity index (χ1n) is 10.8. The van der Waals surface area contributed by atoms with Crippen LogP contribution >= 0.6 is 0 Å². The molecule has 1 unspecified atom stereocenters. The van der Waals surface area contributed by atoms with Crippen LogP contribution in [0.2, 0.25) is 0 Å². The van der Waals surface area contributed by atoms with Crippen LogP contribution in [0.1, 0.15) is 22.3 Å². The lowest BCUT2D eigenvalue weighted by Crippen LogP contribution is -2.29. The molecule has 0 bridgehead atoms. The lowest BCUT2D eigenvalue weighted by atomic mass is 9.87. The minimum absolute atomic E-state index is 0.121. The number of hydrogen-bond donors (Lipinski definition) is 1. The van der Waals surface area contributed by atoms with Crippen LogP contribution in [0, 0.1) is 6.92 Å². The Morgan fingerprint density at radius 2 is 1.71 bits per heavy atom. The van der Waals surface area contributed by atoms with Crippen LogP contribution in [0.15, 0.2) is 66.2 Å². The highest BCUT2D eigenvalue weighted by Gasteiger charge is 2.48. The number of carbonyl (C=O) groups excluding carboxylic acids is 1. The van der Waals surface area contributed by atoms with E-state index < -0.39 is 11.8 Å². The first kappa shape index (κ1) is 21.9. The molecule has 0 saturated heterocycles. The number of hydrogen-bond acceptors (Lipinski definition) is 7. The molecule has 7 nitrogen and oxygen atoms in total. The number of ether oxygens (including phenoxy) is 5. The molecule has 5 rings (SSSR count). The van der Waals surface area contributed by atoms with E-state index >= 15 is 0 Å². The van der Waals surface area contributed by atoms with Crippen molar-refractivity contribution in [1.82, 2.24) is 0 Å². The van der Waals surface area contributed by atoms with Crippen LogP contribution in [0.25, 0.3) is 5.57 Å². The molecule has 0 saturated carbocycles.